The lowest BCUT2D eigenvalue weighted by Gasteiger charge is -2.48. The molecule has 1 aliphatic heterocycles. The summed E-state index contributed by atoms with van der Waals surface area (Å²) in [6, 6.07) is 6.33. The Morgan fingerprint density at radius 2 is 1.90 bits per heavy atom. The lowest BCUT2D eigenvalue weighted by molar-refractivity contribution is -0.0955. The Morgan fingerprint density at radius 1 is 1.19 bits per heavy atom. The Balaban J connectivity index is 1.81. The van der Waals surface area contributed by atoms with Gasteiger partial charge in [-0.05, 0) is 43.3 Å². The molecule has 2 aromatic carbocycles. The zero-order valence-electron chi connectivity index (χ0n) is 17.5. The van der Waals surface area contributed by atoms with E-state index in [4.69, 9.17) is 5.11 Å². The number of carbonyl (C=O) groups is 1. The van der Waals surface area contributed by atoms with Gasteiger partial charge < -0.3 is 25.3 Å². The lowest BCUT2D eigenvalue weighted by Crippen LogP contribution is -2.67. The first-order valence-electron chi connectivity index (χ1n) is 10.0. The predicted octanol–water partition coefficient (Wildman–Crippen LogP) is 2.52. The molecule has 1 aliphatic rings. The van der Waals surface area contributed by atoms with Crippen molar-refractivity contribution < 1.29 is 28.2 Å². The number of likely N-dealkylation sites (tertiary alicyclic amines) is 1. The van der Waals surface area contributed by atoms with Gasteiger partial charge in [0.1, 0.15) is 11.4 Å². The second-order valence-electron chi connectivity index (χ2n) is 7.92. The molecule has 0 unspecified atom stereocenters. The number of halogens is 3. The van der Waals surface area contributed by atoms with Crippen LogP contribution in [0, 0.1) is 17.5 Å². The lowest BCUT2D eigenvalue weighted by atomic mass is 9.92. The average molecular weight is 437 g/mol. The molecule has 1 heterocycles. The van der Waals surface area contributed by atoms with Gasteiger partial charge in [0.05, 0.1) is 36.6 Å². The van der Waals surface area contributed by atoms with Crippen molar-refractivity contribution in [1.29, 1.82) is 0 Å². The molecule has 0 aromatic heterocycles. The minimum atomic E-state index is -1.29. The van der Waals surface area contributed by atoms with E-state index in [2.05, 4.69) is 5.32 Å². The van der Waals surface area contributed by atoms with Crippen molar-refractivity contribution in [1.82, 2.24) is 9.80 Å². The maximum absolute atomic E-state index is 14.6. The second kappa shape index (κ2) is 9.25. The van der Waals surface area contributed by atoms with Crippen molar-refractivity contribution in [2.24, 2.45) is 0 Å². The van der Waals surface area contributed by atoms with Gasteiger partial charge >= 0.3 is 0 Å². The minimum absolute atomic E-state index is 0.000401. The quantitative estimate of drug-likeness (QED) is 0.592. The van der Waals surface area contributed by atoms with E-state index in [1.54, 1.807) is 18.0 Å². The number of hydrogen-bond donors (Lipinski definition) is 3. The monoisotopic (exact) mass is 437 g/mol. The molecule has 3 rings (SSSR count). The van der Waals surface area contributed by atoms with E-state index in [9.17, 15) is 23.1 Å². The third-order valence-electron chi connectivity index (χ3n) is 5.33. The molecule has 0 radical (unpaired) electrons. The first-order chi connectivity index (χ1) is 14.7. The topological polar surface area (TPSA) is 76.0 Å². The normalized spacial score (nSPS) is 15.2. The molecule has 0 aliphatic carbocycles. The van der Waals surface area contributed by atoms with Crippen molar-refractivity contribution >= 4 is 17.3 Å². The summed E-state index contributed by atoms with van der Waals surface area (Å²) in [4.78, 5) is 16.0. The molecule has 6 nitrogen and oxygen atoms in total. The number of anilines is 2. The molecule has 1 amide bonds. The van der Waals surface area contributed by atoms with Gasteiger partial charge in [-0.15, -0.1) is 0 Å². The molecule has 0 saturated carbocycles. The molecule has 1 fully saturated rings. The van der Waals surface area contributed by atoms with Gasteiger partial charge in [-0.3, -0.25) is 4.79 Å². The van der Waals surface area contributed by atoms with Gasteiger partial charge in [-0.25, -0.2) is 13.2 Å². The van der Waals surface area contributed by atoms with E-state index in [-0.39, 0.29) is 37.5 Å². The third kappa shape index (κ3) is 5.00. The summed E-state index contributed by atoms with van der Waals surface area (Å²) < 4.78 is 42.8. The van der Waals surface area contributed by atoms with E-state index in [0.29, 0.717) is 13.0 Å². The first-order valence-corrected chi connectivity index (χ1v) is 10.0. The van der Waals surface area contributed by atoms with Crippen LogP contribution >= 0.6 is 0 Å². The smallest absolute Gasteiger partial charge is 0.256 e. The molecular formula is C22H26F3N3O3. The number of aliphatic hydroxyl groups is 2. The minimum Gasteiger partial charge on any atom is -0.395 e. The summed E-state index contributed by atoms with van der Waals surface area (Å²) in [7, 11) is 1.73. The van der Waals surface area contributed by atoms with Crippen LogP contribution < -0.4 is 5.32 Å². The fourth-order valence-electron chi connectivity index (χ4n) is 3.70. The standard InChI is InChI=1S/C22H26F3N3O3/c1-3-14-4-7-18(17(24)10-14)26-20-15(5-6-16(23)19(20)25)21(30)28-12-22(31,13-28)11-27(2)8-9-29/h4-7,10,26,29,31H,3,8-9,11-13H2,1-2H3. The molecule has 31 heavy (non-hydrogen) atoms. The Kier molecular flexibility index (Phi) is 6.88. The van der Waals surface area contributed by atoms with Crippen LogP contribution in [0.2, 0.25) is 0 Å². The number of aliphatic hydroxyl groups excluding tert-OH is 1. The molecule has 0 spiro atoms. The molecule has 1 saturated heterocycles. The number of aryl methyl sites for hydroxylation is 1. The number of hydrogen-bond acceptors (Lipinski definition) is 5. The molecule has 3 N–H and O–H groups in total. The maximum Gasteiger partial charge on any atom is 0.256 e. The van der Waals surface area contributed by atoms with Crippen molar-refractivity contribution in [2.45, 2.75) is 18.9 Å². The van der Waals surface area contributed by atoms with Crippen LogP contribution in [-0.4, -0.2) is 71.4 Å². The largest absolute Gasteiger partial charge is 0.395 e. The number of likely N-dealkylation sites (N-methyl/N-ethyl adjacent to an activating group) is 1. The second-order valence-corrected chi connectivity index (χ2v) is 7.92. The highest BCUT2D eigenvalue weighted by Crippen LogP contribution is 2.31. The van der Waals surface area contributed by atoms with Gasteiger partial charge in [0, 0.05) is 13.1 Å². The Hall–Kier alpha value is -2.62. The average Bonchev–Trinajstić information content (AvgIpc) is 2.70. The maximum atomic E-state index is 14.6. The molecule has 0 bridgehead atoms. The van der Waals surface area contributed by atoms with E-state index in [0.717, 1.165) is 17.7 Å². The fraction of sp³-hybridized carbons (Fsp3) is 0.409. The summed E-state index contributed by atoms with van der Waals surface area (Å²) in [6.07, 6.45) is 0.612. The van der Waals surface area contributed by atoms with E-state index in [1.807, 2.05) is 6.92 Å². The molecule has 168 valence electrons. The van der Waals surface area contributed by atoms with Crippen molar-refractivity contribution in [3.8, 4) is 0 Å². The predicted molar refractivity (Wildman–Crippen MR) is 111 cm³/mol. The first kappa shape index (κ1) is 23.1. The Bertz CT molecular complexity index is 965. The number of benzene rings is 2. The van der Waals surface area contributed by atoms with Gasteiger partial charge in [0.15, 0.2) is 11.6 Å². The van der Waals surface area contributed by atoms with Gasteiger partial charge in [0.2, 0.25) is 0 Å². The molecular weight excluding hydrogens is 411 g/mol. The number of amides is 1. The SMILES string of the molecule is CCc1ccc(Nc2c(C(=O)N3CC(O)(CN(C)CCO)C3)ccc(F)c2F)c(F)c1. The van der Waals surface area contributed by atoms with Crippen LogP contribution in [0.25, 0.3) is 0 Å². The van der Waals surface area contributed by atoms with E-state index < -0.39 is 34.6 Å². The van der Waals surface area contributed by atoms with Gasteiger partial charge in [0.25, 0.3) is 5.91 Å². The molecule has 0 atom stereocenters. The highest BCUT2D eigenvalue weighted by Gasteiger charge is 2.45. The van der Waals surface area contributed by atoms with E-state index >= 15 is 0 Å². The summed E-state index contributed by atoms with van der Waals surface area (Å²) in [5.41, 5.74) is -1.12. The van der Waals surface area contributed by atoms with Crippen LogP contribution in [0.15, 0.2) is 30.3 Å². The van der Waals surface area contributed by atoms with Gasteiger partial charge in [-0.1, -0.05) is 13.0 Å². The number of rotatable bonds is 8. The van der Waals surface area contributed by atoms with E-state index in [1.165, 1.54) is 17.0 Å². The zero-order chi connectivity index (χ0) is 22.8. The zero-order valence-corrected chi connectivity index (χ0v) is 17.5. The third-order valence-corrected chi connectivity index (χ3v) is 5.33. The van der Waals surface area contributed by atoms with Crippen LogP contribution in [0.5, 0.6) is 0 Å². The van der Waals surface area contributed by atoms with Crippen molar-refractivity contribution in [3.05, 3.63) is 58.9 Å². The van der Waals surface area contributed by atoms with Crippen LogP contribution in [0.3, 0.4) is 0 Å². The summed E-state index contributed by atoms with van der Waals surface area (Å²) >= 11 is 0. The number of nitrogens with one attached hydrogen (secondary N) is 1. The van der Waals surface area contributed by atoms with Crippen LogP contribution in [-0.2, 0) is 6.42 Å². The molecule has 9 heteroatoms. The van der Waals surface area contributed by atoms with Gasteiger partial charge in [-0.2, -0.15) is 0 Å². The highest BCUT2D eigenvalue weighted by molar-refractivity contribution is 6.01. The number of β-amino-alcohol motifs (C(OH)–C–C–N with tert-alkyl or cyclic N) is 1. The Morgan fingerprint density at radius 3 is 2.52 bits per heavy atom. The number of carbonyl (C=O) groups excluding carboxylic acids is 1. The van der Waals surface area contributed by atoms with Crippen molar-refractivity contribution in [2.75, 3.05) is 45.2 Å². The van der Waals surface area contributed by atoms with Crippen molar-refractivity contribution in [3.63, 3.8) is 0 Å². The van der Waals surface area contributed by atoms with Crippen LogP contribution in [0.1, 0.15) is 22.8 Å². The summed E-state index contributed by atoms with van der Waals surface area (Å²) in [5, 5.41) is 22.0. The fourth-order valence-corrected chi connectivity index (χ4v) is 3.70. The summed E-state index contributed by atoms with van der Waals surface area (Å²) in [5.74, 6) is -3.72. The highest BCUT2D eigenvalue weighted by atomic mass is 19.2. The number of nitrogens with zero attached hydrogens (tertiary/aromatic N) is 2. The molecule has 2 aromatic rings. The summed E-state index contributed by atoms with van der Waals surface area (Å²) in [6.45, 7) is 2.42. The van der Waals surface area contributed by atoms with Crippen LogP contribution in [0.4, 0.5) is 24.5 Å². The Labute approximate surface area is 178 Å².